The van der Waals surface area contributed by atoms with Crippen molar-refractivity contribution >= 4 is 70.2 Å². The number of nitrogens with zero attached hydrogens (tertiary/aromatic N) is 4. The summed E-state index contributed by atoms with van der Waals surface area (Å²) in [5, 5.41) is 3.90. The highest BCUT2D eigenvalue weighted by Crippen LogP contribution is 2.30. The molecule has 2 aromatic carbocycles. The van der Waals surface area contributed by atoms with Crippen molar-refractivity contribution < 1.29 is 66.8 Å². The number of thiophene rings is 2. The minimum Gasteiger partial charge on any atom is -0.496 e. The lowest BCUT2D eigenvalue weighted by Gasteiger charge is -2.35. The topological polar surface area (TPSA) is 205 Å². The van der Waals surface area contributed by atoms with Gasteiger partial charge in [-0.3, -0.25) is 19.2 Å². The Balaban J connectivity index is 1.59. The van der Waals surface area contributed by atoms with Crippen LogP contribution in [0.4, 0.5) is 0 Å². The minimum absolute atomic E-state index is 0.0828. The first kappa shape index (κ1) is 68.0. The third-order valence-corrected chi connectivity index (χ3v) is 16.7. The fourth-order valence-corrected chi connectivity index (χ4v) is 11.9. The number of hydrogen-bond donors (Lipinski definition) is 0. The summed E-state index contributed by atoms with van der Waals surface area (Å²) >= 11 is 3.12. The van der Waals surface area contributed by atoms with Gasteiger partial charge in [0.2, 0.25) is 0 Å². The molecule has 460 valence electrons. The van der Waals surface area contributed by atoms with E-state index in [9.17, 15) is 28.8 Å². The number of rotatable bonds is 18. The molecular formula is C64H88N4O14S2. The molecule has 3 heterocycles. The zero-order chi connectivity index (χ0) is 62.3. The molecule has 84 heavy (non-hydrogen) atoms. The largest absolute Gasteiger partial charge is 0.496 e. The molecule has 8 atom stereocenters. The SMILES string of the molecule is COc1ccsc1Cc1ccc(C[C@H]2OC(=O)[C@H](CC(C)C)N(C)C(=O)[C@@H](C)OC(=O)[C@H](CC(C)C)N(C)C(=O)[C@@H](Cc3ccc(Cc4sccc4OC)cc3)OC(=O)[C@H](CC(C)C)N(C)C(=O)[C@@H](C)OC(=O)[C@H](CC(C)C)N(C)C2=O)cc1. The van der Waals surface area contributed by atoms with Gasteiger partial charge in [0.15, 0.2) is 24.4 Å². The standard InChI is InChI=1S/C64H88N4O14S2/c1-37(2)29-47-61(73)79-41(9)57(69)65(11)50(32-40(7)8)64(76)82-54(34-44-19-23-46(24-20-44)36-56-52(78-16)26-28-84-56)60(72)68(14)48(30-38(3)4)62(74)80-42(10)58(70)66(12)49(31-39(5)6)63(75)81-53(59(71)67(47)13)33-43-17-21-45(22-18-43)35-55-51(77-15)25-27-83-55/h17-28,37-42,47-50,53-54H,29-36H2,1-16H3/t41-,42-,47+,48+,49+,50+,53-,54-/m1/s1. The summed E-state index contributed by atoms with van der Waals surface area (Å²) in [6, 6.07) is 13.6. The molecule has 2 aromatic heterocycles. The molecule has 0 spiro atoms. The van der Waals surface area contributed by atoms with Crippen LogP contribution in [-0.4, -0.2) is 158 Å². The van der Waals surface area contributed by atoms with Crippen molar-refractivity contribution in [2.24, 2.45) is 23.7 Å². The number of likely N-dealkylation sites (N-methyl/N-ethyl adjacent to an activating group) is 4. The first-order chi connectivity index (χ1) is 39.6. The average molecular weight is 1200 g/mol. The monoisotopic (exact) mass is 1200 g/mol. The first-order valence-corrected chi connectivity index (χ1v) is 30.6. The second-order valence-corrected chi connectivity index (χ2v) is 25.6. The van der Waals surface area contributed by atoms with Gasteiger partial charge in [-0.2, -0.15) is 0 Å². The van der Waals surface area contributed by atoms with E-state index in [0.717, 1.165) is 42.2 Å². The van der Waals surface area contributed by atoms with E-state index >= 15 is 9.59 Å². The zero-order valence-corrected chi connectivity index (χ0v) is 53.5. The number of hydrogen-bond acceptors (Lipinski definition) is 16. The van der Waals surface area contributed by atoms with Gasteiger partial charge in [0, 0.05) is 53.9 Å². The smallest absolute Gasteiger partial charge is 0.329 e. The van der Waals surface area contributed by atoms with Gasteiger partial charge in [-0.15, -0.1) is 22.7 Å². The average Bonchev–Trinajstić information content (AvgIpc) is 4.24. The Labute approximate surface area is 504 Å². The maximum Gasteiger partial charge on any atom is 0.329 e. The van der Waals surface area contributed by atoms with Crippen LogP contribution in [0, 0.1) is 23.7 Å². The molecular weight excluding hydrogens is 1110 g/mol. The van der Waals surface area contributed by atoms with Gasteiger partial charge in [0.05, 0.1) is 24.0 Å². The summed E-state index contributed by atoms with van der Waals surface area (Å²) in [5.41, 5.74) is 3.18. The van der Waals surface area contributed by atoms with Crippen LogP contribution in [0.5, 0.6) is 11.5 Å². The highest BCUT2D eigenvalue weighted by atomic mass is 32.1. The number of methoxy groups -OCH3 is 2. The van der Waals surface area contributed by atoms with Crippen LogP contribution in [0.25, 0.3) is 0 Å². The fraction of sp³-hybridized carbons (Fsp3) is 0.562. The molecule has 1 fully saturated rings. The summed E-state index contributed by atoms with van der Waals surface area (Å²) in [4.78, 5) is 124. The van der Waals surface area contributed by atoms with Gasteiger partial charge in [-0.1, -0.05) is 104 Å². The van der Waals surface area contributed by atoms with Crippen molar-refractivity contribution in [1.82, 2.24) is 19.6 Å². The van der Waals surface area contributed by atoms with E-state index in [2.05, 4.69) is 0 Å². The summed E-state index contributed by atoms with van der Waals surface area (Å²) < 4.78 is 35.4. The van der Waals surface area contributed by atoms with E-state index < -0.39 is 96.1 Å². The lowest BCUT2D eigenvalue weighted by molar-refractivity contribution is -0.176. The van der Waals surface area contributed by atoms with E-state index in [1.165, 1.54) is 51.8 Å². The van der Waals surface area contributed by atoms with Gasteiger partial charge in [-0.05, 0) is 108 Å². The van der Waals surface area contributed by atoms with Crippen LogP contribution in [-0.2, 0) is 83.0 Å². The molecule has 5 rings (SSSR count). The van der Waals surface area contributed by atoms with Crippen molar-refractivity contribution in [1.29, 1.82) is 0 Å². The van der Waals surface area contributed by atoms with Crippen LogP contribution in [0.1, 0.15) is 127 Å². The Hall–Kier alpha value is -6.80. The maximum absolute atomic E-state index is 15.1. The number of amides is 4. The summed E-state index contributed by atoms with van der Waals surface area (Å²) in [7, 11) is 8.82. The Morgan fingerprint density at radius 2 is 0.667 bits per heavy atom. The van der Waals surface area contributed by atoms with Gasteiger partial charge < -0.3 is 48.0 Å². The third kappa shape index (κ3) is 18.6. The Morgan fingerprint density at radius 3 is 0.940 bits per heavy atom. The molecule has 4 aromatic rings. The highest BCUT2D eigenvalue weighted by molar-refractivity contribution is 7.10. The molecule has 4 amide bonds. The van der Waals surface area contributed by atoms with Crippen LogP contribution in [0.3, 0.4) is 0 Å². The molecule has 0 radical (unpaired) electrons. The van der Waals surface area contributed by atoms with Crippen LogP contribution in [0.2, 0.25) is 0 Å². The van der Waals surface area contributed by atoms with Crippen molar-refractivity contribution in [2.45, 2.75) is 169 Å². The lowest BCUT2D eigenvalue weighted by atomic mass is 9.99. The van der Waals surface area contributed by atoms with E-state index in [1.54, 1.807) is 36.9 Å². The molecule has 0 N–H and O–H groups in total. The third-order valence-electron chi connectivity index (χ3n) is 14.9. The van der Waals surface area contributed by atoms with Gasteiger partial charge in [-0.25, -0.2) is 19.2 Å². The number of carbonyl (C=O) groups is 8. The predicted molar refractivity (Wildman–Crippen MR) is 323 cm³/mol. The fourth-order valence-electron chi connectivity index (χ4n) is 10.1. The summed E-state index contributed by atoms with van der Waals surface area (Å²) in [6.07, 6.45) is -4.79. The molecule has 1 aliphatic heterocycles. The predicted octanol–water partition coefficient (Wildman–Crippen LogP) is 8.99. The summed E-state index contributed by atoms with van der Waals surface area (Å²) in [5.74, 6) is -5.87. The molecule has 1 aliphatic rings. The van der Waals surface area contributed by atoms with Crippen molar-refractivity contribution in [3.8, 4) is 11.5 Å². The zero-order valence-electron chi connectivity index (χ0n) is 51.8. The van der Waals surface area contributed by atoms with Crippen molar-refractivity contribution in [3.63, 3.8) is 0 Å². The van der Waals surface area contributed by atoms with Crippen molar-refractivity contribution in [3.05, 3.63) is 103 Å². The molecule has 18 nitrogen and oxygen atoms in total. The second kappa shape index (κ2) is 31.4. The molecule has 0 bridgehead atoms. The summed E-state index contributed by atoms with van der Waals surface area (Å²) in [6.45, 7) is 17.6. The van der Waals surface area contributed by atoms with E-state index in [-0.39, 0.29) is 62.2 Å². The number of cyclic esters (lactones) is 4. The lowest BCUT2D eigenvalue weighted by Crippen LogP contribution is -2.55. The van der Waals surface area contributed by atoms with Crippen LogP contribution >= 0.6 is 22.7 Å². The van der Waals surface area contributed by atoms with Crippen molar-refractivity contribution in [2.75, 3.05) is 42.4 Å². The van der Waals surface area contributed by atoms with Crippen LogP contribution < -0.4 is 9.47 Å². The molecule has 1 saturated heterocycles. The van der Waals surface area contributed by atoms with E-state index in [1.807, 2.05) is 127 Å². The van der Waals surface area contributed by atoms with Crippen LogP contribution in [0.15, 0.2) is 71.4 Å². The highest BCUT2D eigenvalue weighted by Gasteiger charge is 2.43. The first-order valence-electron chi connectivity index (χ1n) is 28.9. The minimum atomic E-state index is -1.53. The number of carbonyl (C=O) groups excluding carboxylic acids is 8. The second-order valence-electron chi connectivity index (χ2n) is 23.6. The maximum atomic E-state index is 15.1. The van der Waals surface area contributed by atoms with E-state index in [0.29, 0.717) is 24.0 Å². The Morgan fingerprint density at radius 1 is 0.405 bits per heavy atom. The van der Waals surface area contributed by atoms with Gasteiger partial charge in [0.1, 0.15) is 35.7 Å². The Kier molecular flexibility index (Phi) is 25.4. The van der Waals surface area contributed by atoms with Gasteiger partial charge in [0.25, 0.3) is 23.6 Å². The van der Waals surface area contributed by atoms with E-state index in [4.69, 9.17) is 28.4 Å². The Bertz CT molecular complexity index is 2660. The molecule has 0 unspecified atom stereocenters. The molecule has 0 saturated carbocycles. The van der Waals surface area contributed by atoms with Gasteiger partial charge >= 0.3 is 23.9 Å². The number of ether oxygens (including phenoxy) is 6. The molecule has 20 heteroatoms. The number of benzene rings is 2. The normalized spacial score (nSPS) is 22.6. The molecule has 0 aliphatic carbocycles. The number of esters is 4. The quantitative estimate of drug-likeness (QED) is 0.0674.